The molecule has 0 aromatic heterocycles. The number of rotatable bonds is 8. The number of hydrogen-bond acceptors (Lipinski definition) is 1. The topological polar surface area (TPSA) is 9.23 Å². The van der Waals surface area contributed by atoms with Gasteiger partial charge in [0.25, 0.3) is 0 Å². The maximum absolute atomic E-state index is 5.98. The highest BCUT2D eigenvalue weighted by Gasteiger charge is 2.18. The summed E-state index contributed by atoms with van der Waals surface area (Å²) < 4.78 is 5.98. The molecule has 1 nitrogen and oxygen atoms in total. The Morgan fingerprint density at radius 2 is 1.20 bits per heavy atom. The summed E-state index contributed by atoms with van der Waals surface area (Å²) in [4.78, 5) is 0. The van der Waals surface area contributed by atoms with Crippen molar-refractivity contribution in [3.63, 3.8) is 0 Å². The molecular weight excluding hydrogens is 184 g/mol. The summed E-state index contributed by atoms with van der Waals surface area (Å²) in [6, 6.07) is 0. The molecule has 0 bridgehead atoms. The van der Waals surface area contributed by atoms with Crippen LogP contribution in [0, 0.1) is 11.8 Å². The van der Waals surface area contributed by atoms with E-state index in [1.807, 2.05) is 12.2 Å². The molecule has 0 rings (SSSR count). The highest BCUT2D eigenvalue weighted by molar-refractivity contribution is 4.77. The van der Waals surface area contributed by atoms with Crippen LogP contribution in [0.4, 0.5) is 0 Å². The molecule has 0 saturated carbocycles. The normalized spacial score (nSPS) is 18.9. The lowest BCUT2D eigenvalue weighted by molar-refractivity contribution is -0.0425. The van der Waals surface area contributed by atoms with Crippen molar-refractivity contribution < 1.29 is 4.74 Å². The van der Waals surface area contributed by atoms with Crippen molar-refractivity contribution in [1.29, 1.82) is 0 Å². The zero-order valence-corrected chi connectivity index (χ0v) is 10.7. The molecule has 0 heterocycles. The number of allylic oxidation sites excluding steroid dienone is 2. The minimum Gasteiger partial charge on any atom is -0.375 e. The van der Waals surface area contributed by atoms with Gasteiger partial charge in [0.05, 0.1) is 12.2 Å². The molecule has 0 aromatic rings. The van der Waals surface area contributed by atoms with Crippen LogP contribution >= 0.6 is 0 Å². The summed E-state index contributed by atoms with van der Waals surface area (Å²) in [7, 11) is 0. The van der Waals surface area contributed by atoms with Crippen molar-refractivity contribution in [3.8, 4) is 0 Å². The summed E-state index contributed by atoms with van der Waals surface area (Å²) in [6.07, 6.45) is 6.55. The third kappa shape index (κ3) is 5.78. The van der Waals surface area contributed by atoms with Crippen LogP contribution in [0.15, 0.2) is 25.3 Å². The van der Waals surface area contributed by atoms with Crippen molar-refractivity contribution in [2.24, 2.45) is 11.8 Å². The van der Waals surface area contributed by atoms with E-state index < -0.39 is 0 Å². The van der Waals surface area contributed by atoms with Crippen molar-refractivity contribution in [2.45, 2.75) is 52.7 Å². The zero-order valence-electron chi connectivity index (χ0n) is 10.7. The quantitative estimate of drug-likeness (QED) is 0.545. The van der Waals surface area contributed by atoms with Gasteiger partial charge in [-0.1, -0.05) is 26.0 Å². The van der Waals surface area contributed by atoms with Crippen LogP contribution in [0.5, 0.6) is 0 Å². The van der Waals surface area contributed by atoms with Gasteiger partial charge < -0.3 is 4.74 Å². The smallest absolute Gasteiger partial charge is 0.0579 e. The van der Waals surface area contributed by atoms with E-state index in [0.29, 0.717) is 24.0 Å². The summed E-state index contributed by atoms with van der Waals surface area (Å²) in [5.74, 6) is 1.08. The Labute approximate surface area is 95.2 Å². The summed E-state index contributed by atoms with van der Waals surface area (Å²) >= 11 is 0. The van der Waals surface area contributed by atoms with Crippen LogP contribution in [0.2, 0.25) is 0 Å². The summed E-state index contributed by atoms with van der Waals surface area (Å²) in [5.41, 5.74) is 0. The van der Waals surface area contributed by atoms with Gasteiger partial charge in [-0.05, 0) is 38.5 Å². The van der Waals surface area contributed by atoms with Crippen LogP contribution in [0.3, 0.4) is 0 Å². The molecule has 0 spiro atoms. The number of ether oxygens (including phenoxy) is 1. The van der Waals surface area contributed by atoms with E-state index in [9.17, 15) is 0 Å². The number of hydrogen-bond donors (Lipinski definition) is 0. The second kappa shape index (κ2) is 7.70. The van der Waals surface area contributed by atoms with E-state index in [1.165, 1.54) is 0 Å². The van der Waals surface area contributed by atoms with Crippen molar-refractivity contribution in [3.05, 3.63) is 25.3 Å². The fourth-order valence-corrected chi connectivity index (χ4v) is 1.52. The fraction of sp³-hybridized carbons (Fsp3) is 0.714. The molecule has 0 amide bonds. The van der Waals surface area contributed by atoms with Crippen LogP contribution in [-0.2, 0) is 4.74 Å². The molecule has 4 atom stereocenters. The first-order valence-corrected chi connectivity index (χ1v) is 5.90. The molecule has 1 heteroatoms. The largest absolute Gasteiger partial charge is 0.375 e. The van der Waals surface area contributed by atoms with Gasteiger partial charge in [-0.3, -0.25) is 0 Å². The third-order valence-electron chi connectivity index (χ3n) is 3.11. The van der Waals surface area contributed by atoms with E-state index in [-0.39, 0.29) is 0 Å². The predicted molar refractivity (Wildman–Crippen MR) is 68.0 cm³/mol. The van der Waals surface area contributed by atoms with Crippen LogP contribution in [0.25, 0.3) is 0 Å². The first kappa shape index (κ1) is 14.4. The van der Waals surface area contributed by atoms with Crippen molar-refractivity contribution >= 4 is 0 Å². The van der Waals surface area contributed by atoms with E-state index >= 15 is 0 Å². The molecule has 0 radical (unpaired) electrons. The maximum Gasteiger partial charge on any atom is 0.0579 e. The zero-order chi connectivity index (χ0) is 11.8. The first-order valence-electron chi connectivity index (χ1n) is 5.90. The minimum absolute atomic E-state index is 0.297. The van der Waals surface area contributed by atoms with Crippen LogP contribution < -0.4 is 0 Å². The van der Waals surface area contributed by atoms with Crippen LogP contribution in [-0.4, -0.2) is 12.2 Å². The van der Waals surface area contributed by atoms with E-state index in [4.69, 9.17) is 4.74 Å². The monoisotopic (exact) mass is 210 g/mol. The average molecular weight is 210 g/mol. The first-order chi connectivity index (χ1) is 7.02. The Morgan fingerprint density at radius 3 is 1.47 bits per heavy atom. The van der Waals surface area contributed by atoms with Gasteiger partial charge in [-0.15, -0.1) is 13.2 Å². The molecule has 88 valence electrons. The predicted octanol–water partition coefficient (Wildman–Crippen LogP) is 4.20. The molecule has 0 aliphatic heterocycles. The molecule has 0 fully saturated rings. The molecule has 0 aromatic carbocycles. The Balaban J connectivity index is 3.98. The Bertz CT molecular complexity index is 166. The molecule has 0 saturated heterocycles. The maximum atomic E-state index is 5.98. The summed E-state index contributed by atoms with van der Waals surface area (Å²) in [6.45, 7) is 16.2. The standard InChI is InChI=1S/C14H26O/c1-7-9-11(3)13(5)15-14(6)12(4)10-8-2/h7-8,11-14H,1-2,9-10H2,3-6H3. The lowest BCUT2D eigenvalue weighted by Crippen LogP contribution is -2.27. The van der Waals surface area contributed by atoms with Gasteiger partial charge in [0.1, 0.15) is 0 Å². The Kier molecular flexibility index (Phi) is 7.41. The van der Waals surface area contributed by atoms with Gasteiger partial charge in [-0.25, -0.2) is 0 Å². The van der Waals surface area contributed by atoms with Gasteiger partial charge in [0, 0.05) is 0 Å². The van der Waals surface area contributed by atoms with E-state index in [2.05, 4.69) is 40.9 Å². The van der Waals surface area contributed by atoms with Crippen molar-refractivity contribution in [2.75, 3.05) is 0 Å². The molecule has 15 heavy (non-hydrogen) atoms. The molecular formula is C14H26O. The SMILES string of the molecule is C=CCC(C)C(C)OC(C)C(C)CC=C. The highest BCUT2D eigenvalue weighted by atomic mass is 16.5. The van der Waals surface area contributed by atoms with Crippen molar-refractivity contribution in [1.82, 2.24) is 0 Å². The Morgan fingerprint density at radius 1 is 0.867 bits per heavy atom. The average Bonchev–Trinajstić information content (AvgIpc) is 2.18. The minimum atomic E-state index is 0.297. The molecule has 4 unspecified atom stereocenters. The van der Waals surface area contributed by atoms with Crippen LogP contribution in [0.1, 0.15) is 40.5 Å². The fourth-order valence-electron chi connectivity index (χ4n) is 1.52. The lowest BCUT2D eigenvalue weighted by Gasteiger charge is -2.27. The van der Waals surface area contributed by atoms with Gasteiger partial charge in [0.15, 0.2) is 0 Å². The second-order valence-electron chi connectivity index (χ2n) is 4.55. The Hall–Kier alpha value is -0.560. The van der Waals surface area contributed by atoms with Gasteiger partial charge in [-0.2, -0.15) is 0 Å². The third-order valence-corrected chi connectivity index (χ3v) is 3.11. The highest BCUT2D eigenvalue weighted by Crippen LogP contribution is 2.18. The molecule has 0 N–H and O–H groups in total. The second-order valence-corrected chi connectivity index (χ2v) is 4.55. The van der Waals surface area contributed by atoms with E-state index in [1.54, 1.807) is 0 Å². The molecule has 0 aliphatic carbocycles. The lowest BCUT2D eigenvalue weighted by atomic mass is 9.99. The van der Waals surface area contributed by atoms with Gasteiger partial charge in [0.2, 0.25) is 0 Å². The van der Waals surface area contributed by atoms with Gasteiger partial charge >= 0.3 is 0 Å². The molecule has 0 aliphatic rings. The van der Waals surface area contributed by atoms with E-state index in [0.717, 1.165) is 12.8 Å². The summed E-state index contributed by atoms with van der Waals surface area (Å²) in [5, 5.41) is 0.